The standard InChI is InChI=1S/C25H20N2O2/c26-20-9-3-5-11-22(20)28-24-14-13-18-17-8-2-1-7-16(17)15-19(18)25(24)29-23-12-6-4-10-21(23)27/h1-14H,15,26-27H2. The Hall–Kier alpha value is -3.92. The highest BCUT2D eigenvalue weighted by Gasteiger charge is 2.26. The van der Waals surface area contributed by atoms with E-state index in [1.807, 2.05) is 54.6 Å². The van der Waals surface area contributed by atoms with Gasteiger partial charge < -0.3 is 20.9 Å². The van der Waals surface area contributed by atoms with Crippen LogP contribution in [0.1, 0.15) is 11.1 Å². The lowest BCUT2D eigenvalue weighted by molar-refractivity contribution is 0.418. The van der Waals surface area contributed by atoms with Gasteiger partial charge in [0, 0.05) is 12.0 Å². The Labute approximate surface area is 169 Å². The fraction of sp³-hybridized carbons (Fsp3) is 0.0400. The summed E-state index contributed by atoms with van der Waals surface area (Å²) in [5, 5.41) is 0. The summed E-state index contributed by atoms with van der Waals surface area (Å²) in [7, 11) is 0. The molecule has 0 amide bonds. The first kappa shape index (κ1) is 17.2. The van der Waals surface area contributed by atoms with E-state index in [2.05, 4.69) is 30.3 Å². The molecule has 1 aliphatic rings. The molecule has 0 aliphatic heterocycles. The molecule has 0 atom stereocenters. The maximum absolute atomic E-state index is 6.34. The van der Waals surface area contributed by atoms with Crippen molar-refractivity contribution in [1.82, 2.24) is 0 Å². The molecule has 4 aromatic carbocycles. The highest BCUT2D eigenvalue weighted by atomic mass is 16.5. The minimum absolute atomic E-state index is 0.571. The van der Waals surface area contributed by atoms with Gasteiger partial charge in [0.05, 0.1) is 11.4 Å². The number of ether oxygens (including phenoxy) is 2. The van der Waals surface area contributed by atoms with Crippen LogP contribution in [-0.2, 0) is 6.42 Å². The summed E-state index contributed by atoms with van der Waals surface area (Å²) >= 11 is 0. The van der Waals surface area contributed by atoms with Gasteiger partial charge in [-0.2, -0.15) is 0 Å². The molecule has 4 N–H and O–H groups in total. The first-order valence-corrected chi connectivity index (χ1v) is 9.49. The third kappa shape index (κ3) is 3.05. The smallest absolute Gasteiger partial charge is 0.174 e. The van der Waals surface area contributed by atoms with Crippen LogP contribution in [0.3, 0.4) is 0 Å². The van der Waals surface area contributed by atoms with E-state index in [4.69, 9.17) is 20.9 Å². The molecule has 0 bridgehead atoms. The fourth-order valence-corrected chi connectivity index (χ4v) is 3.73. The number of nitrogen functional groups attached to an aromatic ring is 2. The van der Waals surface area contributed by atoms with Crippen LogP contribution in [0, 0.1) is 0 Å². The Kier molecular flexibility index (Phi) is 4.10. The molecule has 0 heterocycles. The molecule has 4 heteroatoms. The lowest BCUT2D eigenvalue weighted by atomic mass is 10.0. The van der Waals surface area contributed by atoms with Crippen molar-refractivity contribution in [1.29, 1.82) is 0 Å². The average molecular weight is 380 g/mol. The number of hydrogen-bond acceptors (Lipinski definition) is 4. The van der Waals surface area contributed by atoms with E-state index in [-0.39, 0.29) is 0 Å². The van der Waals surface area contributed by atoms with Crippen LogP contribution in [0.15, 0.2) is 84.9 Å². The van der Waals surface area contributed by atoms with E-state index in [1.165, 1.54) is 11.1 Å². The highest BCUT2D eigenvalue weighted by Crippen LogP contribution is 2.48. The third-order valence-corrected chi connectivity index (χ3v) is 5.17. The van der Waals surface area contributed by atoms with Crippen LogP contribution in [0.4, 0.5) is 11.4 Å². The average Bonchev–Trinajstić information content (AvgIpc) is 3.12. The third-order valence-electron chi connectivity index (χ3n) is 5.17. The second-order valence-electron chi connectivity index (χ2n) is 7.03. The van der Waals surface area contributed by atoms with Gasteiger partial charge in [-0.05, 0) is 47.0 Å². The number of benzene rings is 4. The second-order valence-corrected chi connectivity index (χ2v) is 7.03. The summed E-state index contributed by atoms with van der Waals surface area (Å²) in [5.41, 5.74) is 18.1. The molecule has 0 spiro atoms. The maximum atomic E-state index is 6.34. The quantitative estimate of drug-likeness (QED) is 0.375. The molecule has 0 saturated carbocycles. The van der Waals surface area contributed by atoms with Gasteiger partial charge in [0.25, 0.3) is 0 Å². The van der Waals surface area contributed by atoms with Crippen LogP contribution >= 0.6 is 0 Å². The van der Waals surface area contributed by atoms with Gasteiger partial charge in [-0.25, -0.2) is 0 Å². The molecule has 0 aromatic heterocycles. The molecular formula is C25H20N2O2. The van der Waals surface area contributed by atoms with Crippen LogP contribution in [0.2, 0.25) is 0 Å². The molecule has 0 unspecified atom stereocenters. The molecule has 0 radical (unpaired) electrons. The SMILES string of the molecule is Nc1ccccc1Oc1ccc2c(c1Oc1ccccc1N)Cc1ccccc1-2. The molecular weight excluding hydrogens is 360 g/mol. The van der Waals surface area contributed by atoms with E-state index in [9.17, 15) is 0 Å². The normalized spacial score (nSPS) is 11.6. The zero-order chi connectivity index (χ0) is 19.8. The molecule has 1 aliphatic carbocycles. The van der Waals surface area contributed by atoms with Gasteiger partial charge in [0.15, 0.2) is 23.0 Å². The zero-order valence-electron chi connectivity index (χ0n) is 15.8. The molecule has 0 fully saturated rings. The molecule has 0 saturated heterocycles. The van der Waals surface area contributed by atoms with Crippen LogP contribution in [0.25, 0.3) is 11.1 Å². The highest BCUT2D eigenvalue weighted by molar-refractivity contribution is 5.81. The van der Waals surface area contributed by atoms with E-state index < -0.39 is 0 Å². The Morgan fingerprint density at radius 1 is 0.552 bits per heavy atom. The first-order chi connectivity index (χ1) is 14.2. The first-order valence-electron chi connectivity index (χ1n) is 9.49. The van der Waals surface area contributed by atoms with Gasteiger partial charge in [-0.3, -0.25) is 0 Å². The van der Waals surface area contributed by atoms with Gasteiger partial charge in [0.2, 0.25) is 0 Å². The van der Waals surface area contributed by atoms with E-state index in [1.54, 1.807) is 0 Å². The van der Waals surface area contributed by atoms with E-state index >= 15 is 0 Å². The topological polar surface area (TPSA) is 70.5 Å². The summed E-state index contributed by atoms with van der Waals surface area (Å²) in [6, 6.07) is 27.3. The van der Waals surface area contributed by atoms with Crippen molar-refractivity contribution in [3.63, 3.8) is 0 Å². The second kappa shape index (κ2) is 6.91. The number of rotatable bonds is 4. The lowest BCUT2D eigenvalue weighted by Gasteiger charge is -2.17. The summed E-state index contributed by atoms with van der Waals surface area (Å²) in [4.78, 5) is 0. The summed E-state index contributed by atoms with van der Waals surface area (Å²) in [5.74, 6) is 2.47. The predicted molar refractivity (Wildman–Crippen MR) is 117 cm³/mol. The number of fused-ring (bicyclic) bond motifs is 3. The van der Waals surface area contributed by atoms with Gasteiger partial charge in [-0.1, -0.05) is 54.6 Å². The molecule has 4 nitrogen and oxygen atoms in total. The van der Waals surface area contributed by atoms with E-state index in [0.29, 0.717) is 34.4 Å². The summed E-state index contributed by atoms with van der Waals surface area (Å²) < 4.78 is 12.5. The molecule has 29 heavy (non-hydrogen) atoms. The van der Waals surface area contributed by atoms with Crippen molar-refractivity contribution in [2.75, 3.05) is 11.5 Å². The minimum Gasteiger partial charge on any atom is -0.451 e. The Morgan fingerprint density at radius 3 is 1.90 bits per heavy atom. The minimum atomic E-state index is 0.571. The van der Waals surface area contributed by atoms with Crippen molar-refractivity contribution in [3.05, 3.63) is 96.1 Å². The fourth-order valence-electron chi connectivity index (χ4n) is 3.73. The predicted octanol–water partition coefficient (Wildman–Crippen LogP) is 6.01. The van der Waals surface area contributed by atoms with Crippen molar-refractivity contribution in [2.45, 2.75) is 6.42 Å². The summed E-state index contributed by atoms with van der Waals surface area (Å²) in [6.45, 7) is 0. The molecule has 142 valence electrons. The molecule has 4 aromatic rings. The van der Waals surface area contributed by atoms with Crippen LogP contribution < -0.4 is 20.9 Å². The Morgan fingerprint density at radius 2 is 1.17 bits per heavy atom. The number of anilines is 2. The Bertz CT molecular complexity index is 1220. The largest absolute Gasteiger partial charge is 0.451 e. The molecule has 5 rings (SSSR count). The van der Waals surface area contributed by atoms with Gasteiger partial charge in [-0.15, -0.1) is 0 Å². The number of para-hydroxylation sites is 4. The van der Waals surface area contributed by atoms with Crippen LogP contribution in [-0.4, -0.2) is 0 Å². The summed E-state index contributed by atoms with van der Waals surface area (Å²) in [6.07, 6.45) is 0.773. The number of nitrogens with two attached hydrogens (primary N) is 2. The van der Waals surface area contributed by atoms with E-state index in [0.717, 1.165) is 17.5 Å². The van der Waals surface area contributed by atoms with Crippen molar-refractivity contribution in [3.8, 4) is 34.1 Å². The monoisotopic (exact) mass is 380 g/mol. The maximum Gasteiger partial charge on any atom is 0.174 e. The van der Waals surface area contributed by atoms with Crippen molar-refractivity contribution < 1.29 is 9.47 Å². The lowest BCUT2D eigenvalue weighted by Crippen LogP contribution is -1.99. The van der Waals surface area contributed by atoms with Crippen molar-refractivity contribution in [2.24, 2.45) is 0 Å². The zero-order valence-corrected chi connectivity index (χ0v) is 15.8. The Balaban J connectivity index is 1.64. The number of hydrogen-bond donors (Lipinski definition) is 2. The van der Waals surface area contributed by atoms with Crippen LogP contribution in [0.5, 0.6) is 23.0 Å². The van der Waals surface area contributed by atoms with Gasteiger partial charge in [0.1, 0.15) is 0 Å². The van der Waals surface area contributed by atoms with Crippen molar-refractivity contribution >= 4 is 11.4 Å². The van der Waals surface area contributed by atoms with Gasteiger partial charge >= 0.3 is 0 Å².